The molecule has 0 saturated carbocycles. The summed E-state index contributed by atoms with van der Waals surface area (Å²) < 4.78 is 0. The molecule has 0 aromatic heterocycles. The van der Waals surface area contributed by atoms with E-state index < -0.39 is 102 Å². The van der Waals surface area contributed by atoms with Crippen LogP contribution in [0.1, 0.15) is 88.2 Å². The normalized spacial score (nSPS) is 20.7. The number of nitrogens with one attached hydrogen (secondary N) is 4. The van der Waals surface area contributed by atoms with Gasteiger partial charge in [0, 0.05) is 52.1 Å². The second kappa shape index (κ2) is 29.2. The summed E-state index contributed by atoms with van der Waals surface area (Å²) in [5, 5.41) is 31.2. The number of guanidine groups is 2. The first kappa shape index (κ1) is 60.4. The number of carboxylic acids is 1. The molecule has 79 heavy (non-hydrogen) atoms. The van der Waals surface area contributed by atoms with E-state index in [-0.39, 0.29) is 88.4 Å². The Hall–Kier alpha value is -7.87. The first-order valence-electron chi connectivity index (χ1n) is 27.1. The summed E-state index contributed by atoms with van der Waals surface area (Å²) in [6.07, 6.45) is 3.98. The summed E-state index contributed by atoms with van der Waals surface area (Å²) in [5.41, 5.74) is 29.1. The van der Waals surface area contributed by atoms with E-state index in [9.17, 15) is 53.4 Å². The summed E-state index contributed by atoms with van der Waals surface area (Å²) in [6, 6.07) is 7.22. The molecular weight excluding hydrogens is 1020 g/mol. The van der Waals surface area contributed by atoms with Crippen LogP contribution in [0, 0.1) is 0 Å². The van der Waals surface area contributed by atoms with Crippen molar-refractivity contribution >= 4 is 65.1 Å². The van der Waals surface area contributed by atoms with Gasteiger partial charge in [-0.1, -0.05) is 60.7 Å². The molecular formula is C53H77N15O11. The molecule has 26 nitrogen and oxygen atoms in total. The third kappa shape index (κ3) is 16.6. The smallest absolute Gasteiger partial charge is 0.326 e. The van der Waals surface area contributed by atoms with Gasteiger partial charge < -0.3 is 79.7 Å². The fourth-order valence-electron chi connectivity index (χ4n) is 10.8. The topological polar surface area (TPSA) is 410 Å². The first-order valence-corrected chi connectivity index (χ1v) is 27.1. The SMILES string of the molecule is NC(N)=NCCC[C@H](NC(=O)[C@H](Cc1ccccc1)NC(=O)[C@@H]1CCCN1C(=O)[C@H](CO)NC(=O)[C@H](Cc1ccccc1)NC(=O)[C@@H]1CCCN1C(=O)[C@@H]1CCCN1C(=O)[C@@H]1CCCN1C(=O)[C@@H](N)CCCN=C(N)N)C(=O)O. The summed E-state index contributed by atoms with van der Waals surface area (Å²) in [7, 11) is 0. The van der Waals surface area contributed by atoms with Crippen molar-refractivity contribution in [2.45, 2.75) is 144 Å². The molecule has 4 aliphatic rings. The van der Waals surface area contributed by atoms with Gasteiger partial charge in [-0.3, -0.25) is 48.3 Å². The number of benzene rings is 2. The van der Waals surface area contributed by atoms with Crippen molar-refractivity contribution in [2.24, 2.45) is 38.7 Å². The molecule has 0 radical (unpaired) electrons. The van der Waals surface area contributed by atoms with Crippen molar-refractivity contribution in [2.75, 3.05) is 45.9 Å². The second-order valence-corrected chi connectivity index (χ2v) is 20.4. The number of carbonyl (C=O) groups is 9. The maximum absolute atomic E-state index is 14.5. The van der Waals surface area contributed by atoms with Crippen LogP contribution in [0.4, 0.5) is 0 Å². The standard InChI is InChI=1S/C53H77N15O11/c54-34(17-7-23-59-52(55)56)47(74)67-27-11-21-41(67)50(77)68-28-12-22-42(68)49(76)66-26-10-20-40(66)46(73)63-37(30-33-15-5-2-6-16-33)44(71)64-38(31-69)48(75)65-25-9-19-39(65)45(72)62-36(29-32-13-3-1-4-14-32)43(70)61-35(51(78)79)18-8-24-60-53(57)58/h1-6,13-16,34-42,69H,7-12,17-31,54H2,(H,61,70)(H,62,72)(H,63,73)(H,64,71)(H,78,79)(H4,55,56,59)(H4,57,58,60)/t34-,35-,36-,37-,38-,39-,40-,41-,42-/m0/s1. The number of aliphatic hydroxyl groups excluding tert-OH is 1. The minimum Gasteiger partial charge on any atom is -0.480 e. The molecule has 0 spiro atoms. The van der Waals surface area contributed by atoms with Crippen LogP contribution in [-0.2, 0) is 56.0 Å². The Morgan fingerprint density at radius 3 is 1.37 bits per heavy atom. The first-order chi connectivity index (χ1) is 37.9. The maximum Gasteiger partial charge on any atom is 0.326 e. The molecule has 4 fully saturated rings. The monoisotopic (exact) mass is 1100 g/mol. The number of aliphatic carboxylic acids is 1. The minimum atomic E-state index is -1.58. The average molecular weight is 1100 g/mol. The van der Waals surface area contributed by atoms with E-state index >= 15 is 0 Å². The molecule has 430 valence electrons. The zero-order valence-corrected chi connectivity index (χ0v) is 44.5. The van der Waals surface area contributed by atoms with Crippen LogP contribution < -0.4 is 49.9 Å². The number of likely N-dealkylation sites (tertiary alicyclic amines) is 4. The number of nitrogens with two attached hydrogens (primary N) is 5. The largest absolute Gasteiger partial charge is 0.480 e. The van der Waals surface area contributed by atoms with Gasteiger partial charge in [0.25, 0.3) is 0 Å². The Morgan fingerprint density at radius 1 is 0.519 bits per heavy atom. The van der Waals surface area contributed by atoms with E-state index in [0.29, 0.717) is 75.6 Å². The molecule has 2 aromatic carbocycles. The van der Waals surface area contributed by atoms with E-state index in [2.05, 4.69) is 31.3 Å². The molecule has 0 bridgehead atoms. The summed E-state index contributed by atoms with van der Waals surface area (Å²) >= 11 is 0. The molecule has 4 heterocycles. The van der Waals surface area contributed by atoms with E-state index in [0.717, 1.165) is 0 Å². The van der Waals surface area contributed by atoms with Crippen LogP contribution in [0.5, 0.6) is 0 Å². The van der Waals surface area contributed by atoms with Crippen molar-refractivity contribution < 1.29 is 53.4 Å². The summed E-state index contributed by atoms with van der Waals surface area (Å²) in [4.78, 5) is 139. The maximum atomic E-state index is 14.5. The average Bonchev–Trinajstić information content (AvgIpc) is 4.33. The molecule has 4 saturated heterocycles. The van der Waals surface area contributed by atoms with Crippen molar-refractivity contribution in [3.63, 3.8) is 0 Å². The van der Waals surface area contributed by atoms with Gasteiger partial charge in [0.2, 0.25) is 47.3 Å². The molecule has 26 heteroatoms. The zero-order valence-electron chi connectivity index (χ0n) is 44.5. The van der Waals surface area contributed by atoms with Crippen molar-refractivity contribution in [1.29, 1.82) is 0 Å². The summed E-state index contributed by atoms with van der Waals surface area (Å²) in [6.45, 7) is 0.416. The predicted octanol–water partition coefficient (Wildman–Crippen LogP) is -3.11. The molecule has 9 atom stereocenters. The Bertz CT molecular complexity index is 2530. The quantitative estimate of drug-likeness (QED) is 0.0252. The number of rotatable bonds is 26. The van der Waals surface area contributed by atoms with Gasteiger partial charge in [0.15, 0.2) is 11.9 Å². The van der Waals surface area contributed by atoms with Crippen molar-refractivity contribution in [3.05, 3.63) is 71.8 Å². The van der Waals surface area contributed by atoms with Gasteiger partial charge in [-0.05, 0) is 88.2 Å². The number of nitrogens with zero attached hydrogens (tertiary/aromatic N) is 6. The van der Waals surface area contributed by atoms with Crippen LogP contribution in [0.2, 0.25) is 0 Å². The highest BCUT2D eigenvalue weighted by molar-refractivity contribution is 5.99. The summed E-state index contributed by atoms with van der Waals surface area (Å²) in [5.74, 6) is -6.49. The third-order valence-corrected chi connectivity index (χ3v) is 14.8. The van der Waals surface area contributed by atoms with Gasteiger partial charge in [0.05, 0.1) is 12.6 Å². The van der Waals surface area contributed by atoms with E-state index in [1.807, 2.05) is 0 Å². The minimum absolute atomic E-state index is 0.0188. The van der Waals surface area contributed by atoms with Gasteiger partial charge in [-0.25, -0.2) is 4.79 Å². The van der Waals surface area contributed by atoms with E-state index in [4.69, 9.17) is 28.7 Å². The van der Waals surface area contributed by atoms with Gasteiger partial charge in [-0.15, -0.1) is 0 Å². The van der Waals surface area contributed by atoms with Gasteiger partial charge in [-0.2, -0.15) is 0 Å². The number of hydrogen-bond acceptors (Lipinski definition) is 13. The molecule has 4 aliphatic heterocycles. The highest BCUT2D eigenvalue weighted by Gasteiger charge is 2.47. The number of hydrogen-bond donors (Lipinski definition) is 11. The van der Waals surface area contributed by atoms with Crippen LogP contribution in [0.3, 0.4) is 0 Å². The van der Waals surface area contributed by atoms with Crippen LogP contribution in [0.15, 0.2) is 70.6 Å². The van der Waals surface area contributed by atoms with Gasteiger partial charge in [0.1, 0.15) is 48.3 Å². The predicted molar refractivity (Wildman–Crippen MR) is 289 cm³/mol. The van der Waals surface area contributed by atoms with Crippen molar-refractivity contribution in [3.8, 4) is 0 Å². The number of aliphatic hydroxyl groups is 1. The number of carbonyl (C=O) groups excluding carboxylic acids is 8. The van der Waals surface area contributed by atoms with E-state index in [1.54, 1.807) is 60.7 Å². The lowest BCUT2D eigenvalue weighted by Crippen LogP contribution is -2.60. The molecule has 0 aliphatic carbocycles. The lowest BCUT2D eigenvalue weighted by atomic mass is 10.0. The highest BCUT2D eigenvalue weighted by atomic mass is 16.4. The molecule has 2 aromatic rings. The fraction of sp³-hybridized carbons (Fsp3) is 0.566. The molecule has 8 amide bonds. The van der Waals surface area contributed by atoms with Crippen LogP contribution >= 0.6 is 0 Å². The Kier molecular flexibility index (Phi) is 22.3. The zero-order chi connectivity index (χ0) is 57.2. The Labute approximate surface area is 458 Å². The van der Waals surface area contributed by atoms with Gasteiger partial charge >= 0.3 is 5.97 Å². The fourth-order valence-corrected chi connectivity index (χ4v) is 10.8. The van der Waals surface area contributed by atoms with Crippen LogP contribution in [-0.4, -0.2) is 195 Å². The molecule has 16 N–H and O–H groups in total. The number of carboxylic acid groups (broad SMARTS) is 1. The molecule has 0 unspecified atom stereocenters. The molecule has 6 rings (SSSR count). The number of amides is 8. The number of aliphatic imine (C=N–C) groups is 2. The highest BCUT2D eigenvalue weighted by Crippen LogP contribution is 2.29. The Morgan fingerprint density at radius 2 is 0.911 bits per heavy atom. The van der Waals surface area contributed by atoms with Crippen molar-refractivity contribution in [1.82, 2.24) is 40.9 Å². The lowest BCUT2D eigenvalue weighted by Gasteiger charge is -2.34. The van der Waals surface area contributed by atoms with Crippen LogP contribution in [0.25, 0.3) is 0 Å². The lowest BCUT2D eigenvalue weighted by molar-refractivity contribution is -0.150. The van der Waals surface area contributed by atoms with E-state index in [1.165, 1.54) is 19.6 Å². The Balaban J connectivity index is 1.11. The third-order valence-electron chi connectivity index (χ3n) is 14.8. The second-order valence-electron chi connectivity index (χ2n) is 20.4.